The van der Waals surface area contributed by atoms with Crippen LogP contribution in [0, 0.1) is 13.8 Å². The van der Waals surface area contributed by atoms with Gasteiger partial charge in [-0.05, 0) is 43.7 Å². The summed E-state index contributed by atoms with van der Waals surface area (Å²) in [5, 5.41) is 5.94. The van der Waals surface area contributed by atoms with Crippen molar-refractivity contribution in [3.05, 3.63) is 45.4 Å². The first-order chi connectivity index (χ1) is 11.5. The molecule has 2 amide bonds. The number of amides is 2. The Bertz CT molecular complexity index is 767. The van der Waals surface area contributed by atoms with Crippen molar-refractivity contribution >= 4 is 40.6 Å². The molecule has 0 saturated carbocycles. The molecule has 0 bridgehead atoms. The molecule has 1 fully saturated rings. The van der Waals surface area contributed by atoms with Gasteiger partial charge in [0, 0.05) is 23.0 Å². The van der Waals surface area contributed by atoms with Crippen LogP contribution in [-0.2, 0) is 0 Å². The molecule has 2 N–H and O–H groups in total. The van der Waals surface area contributed by atoms with Crippen LogP contribution in [0.1, 0.15) is 37.7 Å². The first kappa shape index (κ1) is 17.0. The van der Waals surface area contributed by atoms with Crippen LogP contribution in [-0.4, -0.2) is 34.3 Å². The normalized spacial score (nSPS) is 16.8. The molecule has 1 saturated heterocycles. The number of nitrogens with zero attached hydrogens (tertiary/aromatic N) is 1. The fraction of sp³-hybridized carbons (Fsp3) is 0.353. The number of hydrogen-bond donors (Lipinski definition) is 2. The second-order valence-corrected chi connectivity index (χ2v) is 7.79. The maximum Gasteiger partial charge on any atom is 0.267 e. The number of thiazole rings is 1. The zero-order chi connectivity index (χ0) is 17.1. The minimum atomic E-state index is -0.192. The summed E-state index contributed by atoms with van der Waals surface area (Å²) in [6.07, 6.45) is 1.01. The van der Waals surface area contributed by atoms with Crippen molar-refractivity contribution in [1.82, 2.24) is 10.3 Å². The van der Waals surface area contributed by atoms with Crippen molar-refractivity contribution in [1.29, 1.82) is 0 Å². The molecule has 7 heteroatoms. The lowest BCUT2D eigenvalue weighted by Crippen LogP contribution is -2.34. The predicted molar refractivity (Wildman–Crippen MR) is 99.2 cm³/mol. The fourth-order valence-corrected chi connectivity index (χ4v) is 4.36. The largest absolute Gasteiger partial charge is 0.348 e. The van der Waals surface area contributed by atoms with Gasteiger partial charge in [-0.15, -0.1) is 11.3 Å². The van der Waals surface area contributed by atoms with Gasteiger partial charge in [-0.1, -0.05) is 6.07 Å². The lowest BCUT2D eigenvalue weighted by Gasteiger charge is -2.13. The van der Waals surface area contributed by atoms with Gasteiger partial charge in [0.25, 0.3) is 11.8 Å². The van der Waals surface area contributed by atoms with E-state index in [-0.39, 0.29) is 17.9 Å². The van der Waals surface area contributed by atoms with Gasteiger partial charge < -0.3 is 10.6 Å². The smallest absolute Gasteiger partial charge is 0.267 e. The lowest BCUT2D eigenvalue weighted by atomic mass is 10.1. The number of anilines is 1. The Morgan fingerprint density at radius 1 is 1.25 bits per heavy atom. The van der Waals surface area contributed by atoms with E-state index in [4.69, 9.17) is 0 Å². The van der Waals surface area contributed by atoms with Gasteiger partial charge in [0.1, 0.15) is 4.88 Å². The summed E-state index contributed by atoms with van der Waals surface area (Å²) in [6.45, 7) is 3.71. The number of aromatic nitrogens is 1. The highest BCUT2D eigenvalue weighted by Crippen LogP contribution is 2.21. The summed E-state index contributed by atoms with van der Waals surface area (Å²) >= 11 is 3.17. The third kappa shape index (κ3) is 3.79. The van der Waals surface area contributed by atoms with Crippen molar-refractivity contribution < 1.29 is 9.59 Å². The fourth-order valence-electron chi connectivity index (χ4n) is 2.51. The molecule has 3 rings (SSSR count). The van der Waals surface area contributed by atoms with Gasteiger partial charge in [0.05, 0.1) is 11.2 Å². The molecule has 1 aliphatic rings. The van der Waals surface area contributed by atoms with E-state index in [1.165, 1.54) is 11.3 Å². The molecule has 2 heterocycles. The SMILES string of the molecule is Cc1ccc(C(=O)NC2CCSC2)cc1NC(=O)c1scnc1C. The second-order valence-electron chi connectivity index (χ2n) is 5.78. The number of benzene rings is 1. The molecule has 1 aromatic carbocycles. The Labute approximate surface area is 149 Å². The molecule has 0 aliphatic carbocycles. The summed E-state index contributed by atoms with van der Waals surface area (Å²) in [4.78, 5) is 29.4. The second kappa shape index (κ2) is 7.36. The number of nitrogens with one attached hydrogen (secondary N) is 2. The zero-order valence-corrected chi connectivity index (χ0v) is 15.2. The van der Waals surface area contributed by atoms with Crippen LogP contribution in [0.4, 0.5) is 5.69 Å². The average Bonchev–Trinajstić information content (AvgIpc) is 3.20. The first-order valence-corrected chi connectivity index (χ1v) is 9.78. The third-order valence-electron chi connectivity index (χ3n) is 3.96. The molecule has 0 spiro atoms. The van der Waals surface area contributed by atoms with Crippen LogP contribution in [0.2, 0.25) is 0 Å². The van der Waals surface area contributed by atoms with Gasteiger partial charge in [-0.3, -0.25) is 9.59 Å². The van der Waals surface area contributed by atoms with Gasteiger partial charge in [-0.2, -0.15) is 11.8 Å². The van der Waals surface area contributed by atoms with E-state index < -0.39 is 0 Å². The van der Waals surface area contributed by atoms with E-state index >= 15 is 0 Å². The minimum absolute atomic E-state index is 0.0908. The number of thioether (sulfide) groups is 1. The molecular weight excluding hydrogens is 342 g/mol. The van der Waals surface area contributed by atoms with Gasteiger partial charge in [0.2, 0.25) is 0 Å². The third-order valence-corrected chi connectivity index (χ3v) is 6.05. The predicted octanol–water partition coefficient (Wildman–Crippen LogP) is 3.25. The Balaban J connectivity index is 1.75. The summed E-state index contributed by atoms with van der Waals surface area (Å²) in [7, 11) is 0. The standard InChI is InChI=1S/C17H19N3O2S2/c1-10-3-4-12(16(21)19-13-5-6-23-8-13)7-14(10)20-17(22)15-11(2)18-9-24-15/h3-4,7,9,13H,5-6,8H2,1-2H3,(H,19,21)(H,20,22). The number of carbonyl (C=O) groups is 2. The molecule has 1 unspecified atom stereocenters. The van der Waals surface area contributed by atoms with E-state index in [1.54, 1.807) is 17.6 Å². The van der Waals surface area contributed by atoms with Crippen molar-refractivity contribution in [2.75, 3.05) is 16.8 Å². The van der Waals surface area contributed by atoms with Crippen molar-refractivity contribution in [2.24, 2.45) is 0 Å². The van der Waals surface area contributed by atoms with E-state index in [2.05, 4.69) is 15.6 Å². The van der Waals surface area contributed by atoms with Crippen molar-refractivity contribution in [3.63, 3.8) is 0 Å². The Morgan fingerprint density at radius 2 is 2.08 bits per heavy atom. The molecule has 0 radical (unpaired) electrons. The van der Waals surface area contributed by atoms with Crippen LogP contribution < -0.4 is 10.6 Å². The Hall–Kier alpha value is -1.86. The summed E-state index contributed by atoms with van der Waals surface area (Å²) in [5.41, 5.74) is 4.50. The molecular formula is C17H19N3O2S2. The van der Waals surface area contributed by atoms with Crippen molar-refractivity contribution in [3.8, 4) is 0 Å². The van der Waals surface area contributed by atoms with E-state index in [9.17, 15) is 9.59 Å². The highest BCUT2D eigenvalue weighted by atomic mass is 32.2. The molecule has 2 aromatic rings. The summed E-state index contributed by atoms with van der Waals surface area (Å²) < 4.78 is 0. The number of carbonyl (C=O) groups excluding carboxylic acids is 2. The molecule has 1 aliphatic heterocycles. The molecule has 1 aromatic heterocycles. The van der Waals surface area contributed by atoms with Crippen LogP contribution in [0.5, 0.6) is 0 Å². The van der Waals surface area contributed by atoms with Crippen LogP contribution in [0.3, 0.4) is 0 Å². The minimum Gasteiger partial charge on any atom is -0.348 e. The highest BCUT2D eigenvalue weighted by Gasteiger charge is 2.19. The average molecular weight is 361 g/mol. The monoisotopic (exact) mass is 361 g/mol. The maximum atomic E-state index is 12.4. The topological polar surface area (TPSA) is 71.1 Å². The zero-order valence-electron chi connectivity index (χ0n) is 13.6. The molecule has 126 valence electrons. The maximum absolute atomic E-state index is 12.4. The molecule has 5 nitrogen and oxygen atoms in total. The Morgan fingerprint density at radius 3 is 2.75 bits per heavy atom. The Kier molecular flexibility index (Phi) is 5.20. The highest BCUT2D eigenvalue weighted by molar-refractivity contribution is 7.99. The van der Waals surface area contributed by atoms with Gasteiger partial charge >= 0.3 is 0 Å². The first-order valence-electron chi connectivity index (χ1n) is 7.75. The number of rotatable bonds is 4. The molecule has 24 heavy (non-hydrogen) atoms. The van der Waals surface area contributed by atoms with E-state index in [1.807, 2.05) is 31.7 Å². The number of aryl methyl sites for hydroxylation is 2. The number of hydrogen-bond acceptors (Lipinski definition) is 5. The van der Waals surface area contributed by atoms with Gasteiger partial charge in [-0.25, -0.2) is 4.98 Å². The molecule has 1 atom stereocenters. The van der Waals surface area contributed by atoms with E-state index in [0.717, 1.165) is 23.5 Å². The quantitative estimate of drug-likeness (QED) is 0.877. The van der Waals surface area contributed by atoms with Gasteiger partial charge in [0.15, 0.2) is 0 Å². The van der Waals surface area contributed by atoms with Crippen molar-refractivity contribution in [2.45, 2.75) is 26.3 Å². The summed E-state index contributed by atoms with van der Waals surface area (Å²) in [5.74, 6) is 1.77. The van der Waals surface area contributed by atoms with E-state index in [0.29, 0.717) is 21.8 Å². The van der Waals surface area contributed by atoms with Crippen LogP contribution in [0.15, 0.2) is 23.7 Å². The van der Waals surface area contributed by atoms with Crippen LogP contribution >= 0.6 is 23.1 Å². The summed E-state index contributed by atoms with van der Waals surface area (Å²) in [6, 6.07) is 5.62. The van der Waals surface area contributed by atoms with Crippen LogP contribution in [0.25, 0.3) is 0 Å². The lowest BCUT2D eigenvalue weighted by molar-refractivity contribution is 0.0940.